The van der Waals surface area contributed by atoms with Gasteiger partial charge in [-0.25, -0.2) is 8.42 Å². The minimum atomic E-state index is -3.28. The van der Waals surface area contributed by atoms with Gasteiger partial charge in [0, 0.05) is 27.5 Å². The van der Waals surface area contributed by atoms with Crippen LogP contribution in [0.1, 0.15) is 27.4 Å². The predicted molar refractivity (Wildman–Crippen MR) is 100 cm³/mol. The van der Waals surface area contributed by atoms with Crippen LogP contribution < -0.4 is 0 Å². The zero-order valence-corrected chi connectivity index (χ0v) is 16.8. The van der Waals surface area contributed by atoms with Crippen molar-refractivity contribution in [3.05, 3.63) is 55.6 Å². The van der Waals surface area contributed by atoms with Gasteiger partial charge in [0.2, 0.25) is 0 Å². The number of hydrogen-bond acceptors (Lipinski definition) is 4. The Morgan fingerprint density at radius 3 is 2.75 bits per heavy atom. The molecule has 0 N–H and O–H groups in total. The monoisotopic (exact) mass is 447 g/mol. The molecule has 0 saturated carbocycles. The number of rotatable bonds is 2. The maximum Gasteiger partial charge on any atom is 0.254 e. The second-order valence-corrected chi connectivity index (χ2v) is 10.2. The molecular formula is C16H15BrClNO3S2. The molecule has 1 aliphatic rings. The van der Waals surface area contributed by atoms with Crippen LogP contribution in [-0.2, 0) is 9.84 Å². The van der Waals surface area contributed by atoms with E-state index in [9.17, 15) is 13.2 Å². The molecule has 2 atom stereocenters. The third-order valence-electron chi connectivity index (χ3n) is 4.09. The van der Waals surface area contributed by atoms with E-state index in [0.29, 0.717) is 15.1 Å². The summed E-state index contributed by atoms with van der Waals surface area (Å²) in [5.41, 5.74) is 0.458. The molecule has 8 heteroatoms. The van der Waals surface area contributed by atoms with Crippen LogP contribution in [0, 0.1) is 0 Å². The van der Waals surface area contributed by atoms with Crippen LogP contribution in [0.3, 0.4) is 0 Å². The molecular weight excluding hydrogens is 434 g/mol. The molecule has 0 bridgehead atoms. The Hall–Kier alpha value is -0.890. The maximum atomic E-state index is 12.9. The fourth-order valence-electron chi connectivity index (χ4n) is 2.83. The fraction of sp³-hybridized carbons (Fsp3) is 0.312. The van der Waals surface area contributed by atoms with Crippen molar-refractivity contribution in [2.45, 2.75) is 18.2 Å². The van der Waals surface area contributed by atoms with Gasteiger partial charge < -0.3 is 4.90 Å². The number of benzene rings is 1. The van der Waals surface area contributed by atoms with Crippen LogP contribution in [0.15, 0.2) is 40.2 Å². The number of amides is 1. The molecule has 2 heterocycles. The molecule has 3 rings (SSSR count). The van der Waals surface area contributed by atoms with Gasteiger partial charge in [0.15, 0.2) is 9.84 Å². The summed E-state index contributed by atoms with van der Waals surface area (Å²) in [4.78, 5) is 15.3. The Labute approximate surface area is 158 Å². The average Bonchev–Trinajstić information content (AvgIpc) is 3.02. The number of hydrogen-bond donors (Lipinski definition) is 0. The van der Waals surface area contributed by atoms with E-state index in [1.165, 1.54) is 11.3 Å². The fourth-order valence-corrected chi connectivity index (χ4v) is 6.47. The number of carbonyl (C=O) groups is 1. The summed E-state index contributed by atoms with van der Waals surface area (Å²) in [5, 5.41) is 1.64. The van der Waals surface area contributed by atoms with Crippen molar-refractivity contribution in [2.24, 2.45) is 0 Å². The van der Waals surface area contributed by atoms with Crippen LogP contribution in [0.25, 0.3) is 0 Å². The van der Waals surface area contributed by atoms with Gasteiger partial charge in [-0.1, -0.05) is 17.7 Å². The molecule has 1 aliphatic heterocycles. The number of halogens is 2. The molecule has 1 amide bonds. The summed E-state index contributed by atoms with van der Waals surface area (Å²) < 4.78 is 25.8. The van der Waals surface area contributed by atoms with Crippen molar-refractivity contribution in [1.82, 2.24) is 4.90 Å². The van der Waals surface area contributed by atoms with Gasteiger partial charge in [0.1, 0.15) is 5.25 Å². The molecule has 0 aliphatic carbocycles. The first kappa shape index (κ1) is 17.9. The van der Waals surface area contributed by atoms with Gasteiger partial charge in [-0.05, 0) is 52.5 Å². The Morgan fingerprint density at radius 1 is 1.38 bits per heavy atom. The number of carbonyl (C=O) groups excluding carboxylic acids is 1. The topological polar surface area (TPSA) is 54.5 Å². The maximum absolute atomic E-state index is 12.9. The summed E-state index contributed by atoms with van der Waals surface area (Å²) in [7, 11) is -3.28. The van der Waals surface area contributed by atoms with E-state index in [0.717, 1.165) is 4.88 Å². The average molecular weight is 449 g/mol. The first-order valence-corrected chi connectivity index (χ1v) is 11.1. The Kier molecular flexibility index (Phi) is 5.06. The van der Waals surface area contributed by atoms with Crippen molar-refractivity contribution >= 4 is 54.6 Å². The first-order chi connectivity index (χ1) is 11.3. The predicted octanol–water partition coefficient (Wildman–Crippen LogP) is 4.16. The van der Waals surface area contributed by atoms with Crippen molar-refractivity contribution in [3.63, 3.8) is 0 Å². The Morgan fingerprint density at radius 2 is 2.12 bits per heavy atom. The lowest BCUT2D eigenvalue weighted by Crippen LogP contribution is -2.50. The number of thiophene rings is 1. The van der Waals surface area contributed by atoms with Crippen LogP contribution in [0.5, 0.6) is 0 Å². The number of nitrogens with zero attached hydrogens (tertiary/aromatic N) is 1. The van der Waals surface area contributed by atoms with E-state index in [2.05, 4.69) is 15.9 Å². The molecule has 0 spiro atoms. The lowest BCUT2D eigenvalue weighted by atomic mass is 10.1. The van der Waals surface area contributed by atoms with Crippen molar-refractivity contribution in [3.8, 4) is 0 Å². The lowest BCUT2D eigenvalue weighted by Gasteiger charge is -2.37. The van der Waals surface area contributed by atoms with E-state index >= 15 is 0 Å². The summed E-state index contributed by atoms with van der Waals surface area (Å²) in [6.45, 7) is 1.93. The zero-order chi connectivity index (χ0) is 17.5. The van der Waals surface area contributed by atoms with Crippen molar-refractivity contribution in [2.75, 3.05) is 12.3 Å². The Bertz CT molecular complexity index is 867. The highest BCUT2D eigenvalue weighted by Gasteiger charge is 2.40. The Balaban J connectivity index is 1.92. The van der Waals surface area contributed by atoms with Gasteiger partial charge >= 0.3 is 0 Å². The summed E-state index contributed by atoms with van der Waals surface area (Å²) in [5.74, 6) is -0.237. The molecule has 128 valence electrons. The van der Waals surface area contributed by atoms with Gasteiger partial charge in [-0.3, -0.25) is 4.79 Å². The molecule has 2 aromatic rings. The molecule has 4 nitrogen and oxygen atoms in total. The summed E-state index contributed by atoms with van der Waals surface area (Å²) >= 11 is 10.8. The third-order valence-corrected chi connectivity index (χ3v) is 8.67. The summed E-state index contributed by atoms with van der Waals surface area (Å²) in [6, 6.07) is 8.27. The van der Waals surface area contributed by atoms with E-state index in [1.807, 2.05) is 17.5 Å². The molecule has 0 unspecified atom stereocenters. The van der Waals surface area contributed by atoms with Crippen LogP contribution in [-0.4, -0.2) is 37.6 Å². The molecule has 1 fully saturated rings. The summed E-state index contributed by atoms with van der Waals surface area (Å²) in [6.07, 6.45) is 0. The zero-order valence-electron chi connectivity index (χ0n) is 12.8. The minimum Gasteiger partial charge on any atom is -0.333 e. The molecule has 24 heavy (non-hydrogen) atoms. The van der Waals surface area contributed by atoms with E-state index in [1.54, 1.807) is 30.0 Å². The standard InChI is InChI=1S/C16H15BrClNO3S2/c1-10-9-24(21,22)15(14-3-2-6-23-14)8-19(10)16(20)11-4-5-12(17)13(18)7-11/h2-7,10,15H,8-9H2,1H3/t10-,15-/m0/s1. The van der Waals surface area contributed by atoms with E-state index in [4.69, 9.17) is 11.6 Å². The van der Waals surface area contributed by atoms with Crippen LogP contribution in [0.2, 0.25) is 5.02 Å². The highest BCUT2D eigenvalue weighted by atomic mass is 79.9. The molecule has 1 aromatic carbocycles. The minimum absolute atomic E-state index is 0.0361. The first-order valence-electron chi connectivity index (χ1n) is 7.30. The van der Waals surface area contributed by atoms with Crippen molar-refractivity contribution < 1.29 is 13.2 Å². The molecule has 1 aromatic heterocycles. The van der Waals surface area contributed by atoms with Gasteiger partial charge in [-0.2, -0.15) is 0 Å². The quantitative estimate of drug-likeness (QED) is 0.693. The second kappa shape index (κ2) is 6.78. The van der Waals surface area contributed by atoms with Gasteiger partial charge in [-0.15, -0.1) is 11.3 Å². The van der Waals surface area contributed by atoms with Gasteiger partial charge in [0.05, 0.1) is 10.8 Å². The largest absolute Gasteiger partial charge is 0.333 e. The normalized spacial score (nSPS) is 23.2. The smallest absolute Gasteiger partial charge is 0.254 e. The van der Waals surface area contributed by atoms with Crippen LogP contribution >= 0.6 is 38.9 Å². The SMILES string of the molecule is C[C@H]1CS(=O)(=O)[C@H](c2cccs2)CN1C(=O)c1ccc(Br)c(Cl)c1. The highest BCUT2D eigenvalue weighted by molar-refractivity contribution is 9.10. The van der Waals surface area contributed by atoms with Crippen molar-refractivity contribution in [1.29, 1.82) is 0 Å². The second-order valence-electron chi connectivity index (χ2n) is 5.77. The van der Waals surface area contributed by atoms with Crippen LogP contribution in [0.4, 0.5) is 0 Å². The molecule has 0 radical (unpaired) electrons. The molecule has 1 saturated heterocycles. The van der Waals surface area contributed by atoms with Gasteiger partial charge in [0.25, 0.3) is 5.91 Å². The van der Waals surface area contributed by atoms with E-state index < -0.39 is 15.1 Å². The highest BCUT2D eigenvalue weighted by Crippen LogP contribution is 2.34. The van der Waals surface area contributed by atoms with E-state index in [-0.39, 0.29) is 24.2 Å². The lowest BCUT2D eigenvalue weighted by molar-refractivity contribution is 0.0697. The third kappa shape index (κ3) is 3.40. The number of sulfone groups is 1.